The van der Waals surface area contributed by atoms with Crippen LogP contribution in [0.4, 0.5) is 0 Å². The number of rotatable bonds is 14. The molecule has 0 saturated carbocycles. The smallest absolute Gasteiger partial charge is 0.296 e. The second-order valence-corrected chi connectivity index (χ2v) is 27.1. The first-order chi connectivity index (χ1) is 37.0. The lowest BCUT2D eigenvalue weighted by atomic mass is 10.2. The van der Waals surface area contributed by atoms with Crippen LogP contribution in [0.3, 0.4) is 0 Å². The number of aliphatic hydroxyl groups excluding tert-OH is 1. The van der Waals surface area contributed by atoms with Crippen molar-refractivity contribution < 1.29 is 26.1 Å². The zero-order chi connectivity index (χ0) is 60.2. The van der Waals surface area contributed by atoms with Gasteiger partial charge in [0.1, 0.15) is 0 Å². The van der Waals surface area contributed by atoms with Gasteiger partial charge in [-0.3, -0.25) is 24.1 Å². The molecule has 27 heteroatoms. The van der Waals surface area contributed by atoms with Crippen LogP contribution in [0.25, 0.3) is 0 Å². The van der Waals surface area contributed by atoms with Gasteiger partial charge in [-0.2, -0.15) is 46.3 Å². The molecule has 6 aromatic rings. The van der Waals surface area contributed by atoms with Crippen LogP contribution >= 0.6 is 158 Å². The van der Waals surface area contributed by atoms with E-state index in [9.17, 15) is 16.8 Å². The topological polar surface area (TPSA) is 153 Å². The van der Waals surface area contributed by atoms with Crippen molar-refractivity contribution in [2.24, 2.45) is 0 Å². The van der Waals surface area contributed by atoms with Gasteiger partial charge in [-0.15, -0.1) is 23.2 Å². The highest BCUT2D eigenvalue weighted by Crippen LogP contribution is 2.36. The molecular formula is C50H78Cl3N5O6S13. The largest absolute Gasteiger partial charge is 0.400 e. The van der Waals surface area contributed by atoms with Crippen LogP contribution in [0.1, 0.15) is 31.9 Å². The van der Waals surface area contributed by atoms with Gasteiger partial charge in [-0.1, -0.05) is 143 Å². The Kier molecular flexibility index (Phi) is 75.6. The summed E-state index contributed by atoms with van der Waals surface area (Å²) in [5.74, 6) is 0. The van der Waals surface area contributed by atoms with Crippen molar-refractivity contribution >= 4 is 177 Å². The van der Waals surface area contributed by atoms with E-state index in [1.807, 2.05) is 87.2 Å². The molecule has 6 rings (SSSR count). The summed E-state index contributed by atoms with van der Waals surface area (Å²) in [6.45, 7) is 13.9. The molecule has 0 spiro atoms. The van der Waals surface area contributed by atoms with Gasteiger partial charge in [0.15, 0.2) is 0 Å². The molecular weight excluding hydrogens is 1290 g/mol. The Morgan fingerprint density at radius 2 is 0.753 bits per heavy atom. The first-order valence-corrected chi connectivity index (χ1v) is 39.7. The van der Waals surface area contributed by atoms with Gasteiger partial charge in [-0.05, 0) is 150 Å². The molecule has 2 aromatic carbocycles. The third-order valence-corrected chi connectivity index (χ3v) is 17.2. The van der Waals surface area contributed by atoms with E-state index in [1.165, 1.54) is 53.7 Å². The maximum Gasteiger partial charge on any atom is 0.296 e. The number of benzene rings is 2. The van der Waals surface area contributed by atoms with Crippen molar-refractivity contribution in [3.63, 3.8) is 0 Å². The van der Waals surface area contributed by atoms with Gasteiger partial charge in [-0.25, -0.2) is 8.42 Å². The highest BCUT2D eigenvalue weighted by Gasteiger charge is 2.11. The third kappa shape index (κ3) is 57.2. The first kappa shape index (κ1) is 87.8. The van der Waals surface area contributed by atoms with Crippen molar-refractivity contribution in [2.45, 2.75) is 64.0 Å². The standard InChI is InChI=1S/C10H8N2S2.C8H10O3S.C7H7ClO2S.2C6H7NS2.C6H15N.C2H6S2.CH2Cl2.CH4O.3CH4S/c1-3-9(7-11-5-1)13-14-10-4-2-6-12-8-10;1-7-3-5-8(6-4-7)12(9,10)11-2;1-6-2-4-7(5-3-6)11(8,9)10;2*1-8-9-6-3-2-4-7-5-6;1-4-7(5-2)6-3;1-3-4-2;2-1-3;4*1-2/h1-8H;3-6H,1-2H3;2-5H,1H3;2*2-5H,1H3;4-6H2,1-3H3;1-2H3;1H2;4*2H,1H3. The third-order valence-electron chi connectivity index (χ3n) is 7.47. The number of aryl methyl sites for hydroxylation is 2. The fourth-order valence-corrected chi connectivity index (χ4v) is 9.92. The lowest BCUT2D eigenvalue weighted by Crippen LogP contribution is -2.21. The summed E-state index contributed by atoms with van der Waals surface area (Å²) >= 11 is 20.1. The summed E-state index contributed by atoms with van der Waals surface area (Å²) < 4.78 is 47.9. The Morgan fingerprint density at radius 1 is 0.494 bits per heavy atom. The molecule has 0 amide bonds. The molecule has 0 atom stereocenters. The van der Waals surface area contributed by atoms with Gasteiger partial charge in [0.25, 0.3) is 19.2 Å². The molecule has 0 fully saturated rings. The fourth-order valence-electron chi connectivity index (χ4n) is 4.05. The van der Waals surface area contributed by atoms with Crippen molar-refractivity contribution in [3.8, 4) is 0 Å². The maximum atomic E-state index is 11.1. The Labute approximate surface area is 527 Å². The van der Waals surface area contributed by atoms with E-state index in [2.05, 4.69) is 113 Å². The lowest BCUT2D eigenvalue weighted by Gasteiger charge is -2.13. The minimum atomic E-state index is -3.55. The highest BCUT2D eigenvalue weighted by molar-refractivity contribution is 8.77. The molecule has 11 nitrogen and oxygen atoms in total. The Bertz CT molecular complexity index is 2220. The van der Waals surface area contributed by atoms with Crippen LogP contribution in [0.5, 0.6) is 0 Å². The van der Waals surface area contributed by atoms with Gasteiger partial charge in [0.05, 0.1) is 22.2 Å². The molecule has 0 saturated heterocycles. The zero-order valence-electron chi connectivity index (χ0n) is 46.0. The highest BCUT2D eigenvalue weighted by atomic mass is 35.7. The van der Waals surface area contributed by atoms with Gasteiger partial charge >= 0.3 is 0 Å². The SMILES string of the molecule is CCN(CC)CC.CO.COS(=O)(=O)c1ccc(C)cc1.CS.CS.CS.CSSC.CSSc1cccnc1.CSSc1cccnc1.Cc1ccc(S(=O)(=O)Cl)cc1.ClCCl.c1cncc(SSc2cccnc2)c1. The number of nitrogens with zero attached hydrogens (tertiary/aromatic N) is 5. The number of alkyl halides is 2. The summed E-state index contributed by atoms with van der Waals surface area (Å²) in [6.07, 6.45) is 27.9. The Morgan fingerprint density at radius 3 is 0.935 bits per heavy atom. The molecule has 0 unspecified atom stereocenters. The van der Waals surface area contributed by atoms with E-state index in [1.54, 1.807) is 154 Å². The first-order valence-electron chi connectivity index (χ1n) is 22.0. The summed E-state index contributed by atoms with van der Waals surface area (Å²) in [5, 5.41) is 7.19. The minimum absolute atomic E-state index is 0.143. The van der Waals surface area contributed by atoms with Crippen molar-refractivity contribution in [1.82, 2.24) is 24.8 Å². The average molecular weight is 1370 g/mol. The summed E-state index contributed by atoms with van der Waals surface area (Å²) in [6, 6.07) is 28.8. The molecule has 4 aromatic heterocycles. The molecule has 0 radical (unpaired) electrons. The normalized spacial score (nSPS) is 9.32. The van der Waals surface area contributed by atoms with E-state index in [0.717, 1.165) is 35.1 Å². The summed E-state index contributed by atoms with van der Waals surface area (Å²) in [5.41, 5.74) is 2.03. The predicted molar refractivity (Wildman–Crippen MR) is 367 cm³/mol. The number of hydrogen-bond donors (Lipinski definition) is 4. The molecule has 4 heterocycles. The van der Waals surface area contributed by atoms with Crippen LogP contribution in [0.2, 0.25) is 0 Å². The Hall–Kier alpha value is -0.460. The quantitative estimate of drug-likeness (QED) is 0.0269. The second kappa shape index (κ2) is 66.3. The second-order valence-electron chi connectivity index (χ2n) is 12.2. The van der Waals surface area contributed by atoms with Crippen molar-refractivity contribution in [2.75, 3.05) is 83.0 Å². The van der Waals surface area contributed by atoms with Crippen LogP contribution in [0, 0.1) is 13.8 Å². The number of aromatic nitrogens is 4. The number of aliphatic hydroxyl groups is 1. The van der Waals surface area contributed by atoms with E-state index in [4.69, 9.17) is 39.0 Å². The van der Waals surface area contributed by atoms with Crippen LogP contribution < -0.4 is 0 Å². The van der Waals surface area contributed by atoms with Gasteiger partial charge in [0.2, 0.25) is 0 Å². The number of hydrogen-bond acceptors (Lipinski definition) is 22. The molecule has 0 aliphatic rings. The van der Waals surface area contributed by atoms with Crippen molar-refractivity contribution in [3.05, 3.63) is 158 Å². The van der Waals surface area contributed by atoms with Gasteiger partial charge < -0.3 is 10.0 Å². The minimum Gasteiger partial charge on any atom is -0.400 e. The van der Waals surface area contributed by atoms with Crippen molar-refractivity contribution in [1.29, 1.82) is 0 Å². The Balaban J connectivity index is -0.000000188. The van der Waals surface area contributed by atoms with E-state index >= 15 is 0 Å². The predicted octanol–water partition coefficient (Wildman–Crippen LogP) is 17.1. The molecule has 1 N–H and O–H groups in total. The van der Waals surface area contributed by atoms with E-state index < -0.39 is 19.2 Å². The van der Waals surface area contributed by atoms with E-state index in [0.29, 0.717) is 0 Å². The maximum absolute atomic E-state index is 11.1. The lowest BCUT2D eigenvalue weighted by molar-refractivity contribution is 0.321. The fraction of sp³-hybridized carbons (Fsp3) is 0.360. The number of thiol groups is 3. The molecule has 438 valence electrons. The zero-order valence-corrected chi connectivity index (χ0v) is 59.1. The summed E-state index contributed by atoms with van der Waals surface area (Å²) in [7, 11) is 14.0. The number of pyridine rings is 4. The molecule has 77 heavy (non-hydrogen) atoms. The molecule has 0 aliphatic heterocycles. The van der Waals surface area contributed by atoms with Gasteiger partial charge in [0, 0.05) is 86.9 Å². The molecule has 0 bridgehead atoms. The summed E-state index contributed by atoms with van der Waals surface area (Å²) in [4.78, 5) is 23.5. The van der Waals surface area contributed by atoms with Crippen LogP contribution in [0.15, 0.2) is 176 Å². The monoisotopic (exact) mass is 1370 g/mol. The molecule has 0 aliphatic carbocycles. The van der Waals surface area contributed by atoms with E-state index in [-0.39, 0.29) is 15.1 Å². The average Bonchev–Trinajstić information content (AvgIpc) is 3.47. The van der Waals surface area contributed by atoms with Crippen LogP contribution in [-0.2, 0) is 23.4 Å². The number of halogens is 3. The van der Waals surface area contributed by atoms with Crippen LogP contribution in [-0.4, -0.2) is 130 Å².